The van der Waals surface area contributed by atoms with E-state index in [9.17, 15) is 0 Å². The molecule has 0 saturated carbocycles. The van der Waals surface area contributed by atoms with Crippen LogP contribution in [0.5, 0.6) is 11.5 Å². The van der Waals surface area contributed by atoms with Gasteiger partial charge in [-0.05, 0) is 24.3 Å². The third kappa shape index (κ3) is 5.98. The van der Waals surface area contributed by atoms with Crippen LogP contribution in [-0.2, 0) is 9.47 Å². The number of nitrogens with zero attached hydrogens (tertiary/aromatic N) is 5. The number of ether oxygens (including phenoxy) is 4. The van der Waals surface area contributed by atoms with Gasteiger partial charge in [-0.1, -0.05) is 0 Å². The quantitative estimate of drug-likeness (QED) is 0.488. The molecule has 1 aromatic heterocycles. The van der Waals surface area contributed by atoms with Crippen LogP contribution in [0.1, 0.15) is 0 Å². The summed E-state index contributed by atoms with van der Waals surface area (Å²) in [4.78, 5) is 16.0. The zero-order valence-corrected chi connectivity index (χ0v) is 21.6. The first-order chi connectivity index (χ1) is 18.1. The number of aromatic nitrogens is 2. The molecule has 10 nitrogen and oxygen atoms in total. The molecule has 2 saturated heterocycles. The molecule has 2 aliphatic rings. The second-order valence-corrected chi connectivity index (χ2v) is 8.93. The van der Waals surface area contributed by atoms with E-state index in [0.29, 0.717) is 17.4 Å². The van der Waals surface area contributed by atoms with E-state index in [2.05, 4.69) is 38.3 Å². The molecule has 0 bridgehead atoms. The third-order valence-electron chi connectivity index (χ3n) is 6.62. The van der Waals surface area contributed by atoms with Crippen molar-refractivity contribution in [1.82, 2.24) is 9.97 Å². The van der Waals surface area contributed by atoms with E-state index in [1.165, 1.54) is 0 Å². The van der Waals surface area contributed by atoms with Crippen LogP contribution in [0.15, 0.2) is 48.7 Å². The maximum Gasteiger partial charge on any atom is 0.229 e. The molecule has 2 aliphatic heterocycles. The van der Waals surface area contributed by atoms with Gasteiger partial charge in [0.05, 0.1) is 40.6 Å². The molecule has 1 N–H and O–H groups in total. The summed E-state index contributed by atoms with van der Waals surface area (Å²) in [5, 5.41) is 3.44. The smallest absolute Gasteiger partial charge is 0.229 e. The first-order valence-corrected chi connectivity index (χ1v) is 12.5. The van der Waals surface area contributed by atoms with Crippen LogP contribution < -0.4 is 29.5 Å². The summed E-state index contributed by atoms with van der Waals surface area (Å²) in [6, 6.07) is 14.2. The summed E-state index contributed by atoms with van der Waals surface area (Å²) < 4.78 is 22.0. The molecule has 0 aliphatic carbocycles. The van der Waals surface area contributed by atoms with E-state index in [4.69, 9.17) is 23.9 Å². The first-order valence-electron chi connectivity index (χ1n) is 12.5. The Morgan fingerprint density at radius 1 is 0.811 bits per heavy atom. The molecule has 0 amide bonds. The van der Waals surface area contributed by atoms with Crippen molar-refractivity contribution < 1.29 is 18.9 Å². The molecule has 0 unspecified atom stereocenters. The molecule has 0 atom stereocenters. The Hall–Kier alpha value is -3.76. The van der Waals surface area contributed by atoms with Crippen molar-refractivity contribution in [1.29, 1.82) is 0 Å². The van der Waals surface area contributed by atoms with Crippen LogP contribution >= 0.6 is 0 Å². The molecular formula is C27H34N6O4. The molecule has 2 aromatic carbocycles. The fraction of sp³-hybridized carbons (Fsp3) is 0.407. The summed E-state index contributed by atoms with van der Waals surface area (Å²) in [6.07, 6.45) is 1.76. The summed E-state index contributed by atoms with van der Waals surface area (Å²) in [5.41, 5.74) is 4.15. The number of hydrogen-bond acceptors (Lipinski definition) is 10. The molecule has 0 radical (unpaired) electrons. The molecule has 0 spiro atoms. The number of methoxy groups -OCH3 is 2. The van der Waals surface area contributed by atoms with E-state index in [-0.39, 0.29) is 0 Å². The number of nitrogens with one attached hydrogen (secondary N) is 1. The maximum atomic E-state index is 5.57. The van der Waals surface area contributed by atoms with Gasteiger partial charge in [-0.3, -0.25) is 0 Å². The van der Waals surface area contributed by atoms with E-state index < -0.39 is 0 Å². The average Bonchev–Trinajstić information content (AvgIpc) is 2.97. The van der Waals surface area contributed by atoms with Crippen molar-refractivity contribution in [3.05, 3.63) is 48.7 Å². The fourth-order valence-corrected chi connectivity index (χ4v) is 4.52. The van der Waals surface area contributed by atoms with Gasteiger partial charge in [-0.15, -0.1) is 0 Å². The van der Waals surface area contributed by atoms with E-state index >= 15 is 0 Å². The van der Waals surface area contributed by atoms with Gasteiger partial charge >= 0.3 is 0 Å². The van der Waals surface area contributed by atoms with Gasteiger partial charge in [0.2, 0.25) is 5.95 Å². The molecule has 3 aromatic rings. The predicted molar refractivity (Wildman–Crippen MR) is 145 cm³/mol. The highest BCUT2D eigenvalue weighted by Gasteiger charge is 2.18. The Balaban J connectivity index is 1.42. The predicted octanol–water partition coefficient (Wildman–Crippen LogP) is 3.68. The minimum absolute atomic E-state index is 0.520. The van der Waals surface area contributed by atoms with Crippen LogP contribution in [0.2, 0.25) is 0 Å². The zero-order valence-electron chi connectivity index (χ0n) is 21.6. The lowest BCUT2D eigenvalue weighted by Crippen LogP contribution is -2.38. The maximum absolute atomic E-state index is 5.57. The van der Waals surface area contributed by atoms with Gasteiger partial charge in [-0.2, -0.15) is 4.98 Å². The normalized spacial score (nSPS) is 15.9. The van der Waals surface area contributed by atoms with Gasteiger partial charge in [0.1, 0.15) is 17.3 Å². The van der Waals surface area contributed by atoms with Gasteiger partial charge in [0, 0.05) is 80.4 Å². The highest BCUT2D eigenvalue weighted by atomic mass is 16.5. The lowest BCUT2D eigenvalue weighted by molar-refractivity contribution is 0.122. The monoisotopic (exact) mass is 506 g/mol. The Labute approximate surface area is 217 Å². The standard InChI is InChI=1S/C27H34N6O4/c1-31(21-17-24(34-2)19-25(18-21)35-3)26-4-5-28-27(30-26)29-20-14-22(32-6-10-36-11-7-32)16-23(15-20)33-8-12-37-13-9-33/h4-5,14-19H,6-13H2,1-3H3,(H,28,29,30). The molecule has 37 heavy (non-hydrogen) atoms. The van der Waals surface area contributed by atoms with Crippen molar-refractivity contribution in [3.8, 4) is 11.5 Å². The Bertz CT molecular complexity index is 1140. The highest BCUT2D eigenvalue weighted by molar-refractivity contribution is 5.72. The Morgan fingerprint density at radius 2 is 1.38 bits per heavy atom. The molecule has 5 rings (SSSR count). The number of anilines is 6. The van der Waals surface area contributed by atoms with Crippen LogP contribution in [0.4, 0.5) is 34.5 Å². The second-order valence-electron chi connectivity index (χ2n) is 8.93. The molecule has 3 heterocycles. The summed E-state index contributed by atoms with van der Waals surface area (Å²) >= 11 is 0. The third-order valence-corrected chi connectivity index (χ3v) is 6.62. The largest absolute Gasteiger partial charge is 0.497 e. The lowest BCUT2D eigenvalue weighted by atomic mass is 10.2. The van der Waals surface area contributed by atoms with Gasteiger partial charge in [-0.25, -0.2) is 4.98 Å². The Kier molecular flexibility index (Phi) is 7.76. The molecular weight excluding hydrogens is 472 g/mol. The van der Waals surface area contributed by atoms with Crippen LogP contribution in [0, 0.1) is 0 Å². The highest BCUT2D eigenvalue weighted by Crippen LogP contribution is 2.33. The lowest BCUT2D eigenvalue weighted by Gasteiger charge is -2.33. The number of hydrogen-bond donors (Lipinski definition) is 1. The minimum atomic E-state index is 0.520. The van der Waals surface area contributed by atoms with Gasteiger partial charge in [0.25, 0.3) is 0 Å². The number of rotatable bonds is 8. The minimum Gasteiger partial charge on any atom is -0.497 e. The average molecular weight is 507 g/mol. The fourth-order valence-electron chi connectivity index (χ4n) is 4.52. The van der Waals surface area contributed by atoms with E-state index in [1.807, 2.05) is 36.2 Å². The van der Waals surface area contributed by atoms with E-state index in [1.54, 1.807) is 20.4 Å². The van der Waals surface area contributed by atoms with Crippen molar-refractivity contribution in [2.45, 2.75) is 0 Å². The van der Waals surface area contributed by atoms with E-state index in [0.717, 1.165) is 81.2 Å². The van der Waals surface area contributed by atoms with Crippen molar-refractivity contribution in [2.24, 2.45) is 0 Å². The zero-order chi connectivity index (χ0) is 25.6. The SMILES string of the molecule is COc1cc(OC)cc(N(C)c2ccnc(Nc3cc(N4CCOCC4)cc(N4CCOCC4)c3)n2)c1. The first kappa shape index (κ1) is 24.9. The van der Waals surface area contributed by atoms with Gasteiger partial charge in [0.15, 0.2) is 0 Å². The topological polar surface area (TPSA) is 84.5 Å². The molecule has 196 valence electrons. The van der Waals surface area contributed by atoms with Crippen LogP contribution in [0.25, 0.3) is 0 Å². The number of morpholine rings is 2. The van der Waals surface area contributed by atoms with Crippen molar-refractivity contribution >= 4 is 34.5 Å². The van der Waals surface area contributed by atoms with Crippen LogP contribution in [-0.4, -0.2) is 83.8 Å². The van der Waals surface area contributed by atoms with Crippen molar-refractivity contribution in [2.75, 3.05) is 93.9 Å². The summed E-state index contributed by atoms with van der Waals surface area (Å²) in [5.74, 6) is 2.69. The number of benzene rings is 2. The molecule has 2 fully saturated rings. The van der Waals surface area contributed by atoms with Gasteiger partial charge < -0.3 is 39.0 Å². The molecule has 10 heteroatoms. The Morgan fingerprint density at radius 3 is 1.92 bits per heavy atom. The van der Waals surface area contributed by atoms with Crippen molar-refractivity contribution in [3.63, 3.8) is 0 Å². The van der Waals surface area contributed by atoms with Crippen LogP contribution in [0.3, 0.4) is 0 Å². The summed E-state index contributed by atoms with van der Waals surface area (Å²) in [7, 11) is 5.23. The summed E-state index contributed by atoms with van der Waals surface area (Å²) in [6.45, 7) is 6.40. The second kappa shape index (κ2) is 11.5.